The molecule has 0 aliphatic rings. The fourth-order valence-corrected chi connectivity index (χ4v) is 12.2. The highest BCUT2D eigenvalue weighted by atomic mass is 31.2. The van der Waals surface area contributed by atoms with Crippen LogP contribution in [-0.2, 0) is 32.7 Å². The number of quaternary nitrogens is 1. The lowest BCUT2D eigenvalue weighted by atomic mass is 10.0. The summed E-state index contributed by atoms with van der Waals surface area (Å²) < 4.78 is 34.8. The summed E-state index contributed by atoms with van der Waals surface area (Å²) in [7, 11) is 1.50. The van der Waals surface area contributed by atoms with E-state index in [0.29, 0.717) is 23.9 Å². The molecule has 0 fully saturated rings. The summed E-state index contributed by atoms with van der Waals surface area (Å²) in [5, 5.41) is 0. The van der Waals surface area contributed by atoms with Crippen LogP contribution in [0.4, 0.5) is 0 Å². The van der Waals surface area contributed by atoms with Gasteiger partial charge in [-0.2, -0.15) is 0 Å². The highest BCUT2D eigenvalue weighted by molar-refractivity contribution is 7.47. The molecular weight excluding hydrogens is 1110 g/mol. The number of phosphoric acid groups is 1. The second-order valence-electron chi connectivity index (χ2n) is 27.4. The normalized spacial score (nSPS) is 13.3. The van der Waals surface area contributed by atoms with Crippen LogP contribution in [0.15, 0.2) is 48.6 Å². The molecule has 88 heavy (non-hydrogen) atoms. The summed E-state index contributed by atoms with van der Waals surface area (Å²) in [6.07, 6.45) is 91.1. The summed E-state index contributed by atoms with van der Waals surface area (Å²) in [5.74, 6) is -0.778. The van der Waals surface area contributed by atoms with E-state index in [2.05, 4.69) is 62.5 Å². The molecule has 1 N–H and O–H groups in total. The third kappa shape index (κ3) is 73.0. The van der Waals surface area contributed by atoms with Crippen molar-refractivity contribution >= 4 is 19.8 Å². The van der Waals surface area contributed by atoms with Gasteiger partial charge in [-0.1, -0.05) is 345 Å². The second-order valence-corrected chi connectivity index (χ2v) is 28.8. The average molecular weight is 1260 g/mol. The first kappa shape index (κ1) is 86.0. The molecular formula is C78H149NO8P+. The standard InChI is InChI=1S/C78H148NO8P/c1-6-8-10-12-14-16-18-20-22-24-26-28-30-32-33-34-35-36-37-38-39-40-41-42-43-44-45-47-49-51-53-55-57-59-61-63-65-67-69-71-78(81)87-76(75-86-88(82,83)85-73-72-79(3,4)5)74-84-77(80)70-68-66-64-62-60-58-56-54-52-50-48-46-31-29-27-25-23-21-19-17-15-13-11-9-7-2/h18-21,24-27,76H,6-17,22-23,28-75H2,1-5H3/p+1/b20-18-,21-19-,26-24-,27-25-. The molecule has 0 aliphatic heterocycles. The van der Waals surface area contributed by atoms with Crippen LogP contribution in [-0.4, -0.2) is 74.9 Å². The lowest BCUT2D eigenvalue weighted by molar-refractivity contribution is -0.870. The van der Waals surface area contributed by atoms with Crippen molar-refractivity contribution in [2.45, 2.75) is 392 Å². The van der Waals surface area contributed by atoms with E-state index < -0.39 is 26.5 Å². The van der Waals surface area contributed by atoms with E-state index in [1.807, 2.05) is 21.1 Å². The van der Waals surface area contributed by atoms with Crippen molar-refractivity contribution in [1.82, 2.24) is 0 Å². The van der Waals surface area contributed by atoms with Crippen molar-refractivity contribution in [1.29, 1.82) is 0 Å². The average Bonchev–Trinajstić information content (AvgIpc) is 3.68. The molecule has 518 valence electrons. The highest BCUT2D eigenvalue weighted by Gasteiger charge is 2.27. The van der Waals surface area contributed by atoms with Crippen molar-refractivity contribution in [3.8, 4) is 0 Å². The SMILES string of the molecule is CCCCCCC/C=C\C/C=C\CCCCCCCCCCCCCCCCCCCCCCCCCCCCCC(=O)OC(COC(=O)CCCCCCCCCCCCCCC/C=C\C/C=C\CCCCCCC)COP(=O)(O)OCC[N+](C)(C)C. The molecule has 0 aromatic heterocycles. The lowest BCUT2D eigenvalue weighted by Gasteiger charge is -2.24. The van der Waals surface area contributed by atoms with Gasteiger partial charge in [-0.15, -0.1) is 0 Å². The first-order valence-corrected chi connectivity index (χ1v) is 39.9. The number of carbonyl (C=O) groups is 2. The monoisotopic (exact) mass is 1260 g/mol. The molecule has 0 radical (unpaired) electrons. The van der Waals surface area contributed by atoms with Crippen molar-refractivity contribution in [2.24, 2.45) is 0 Å². The van der Waals surface area contributed by atoms with Gasteiger partial charge in [0.2, 0.25) is 0 Å². The fraction of sp³-hybridized carbons (Fsp3) is 0.872. The molecule has 0 bridgehead atoms. The van der Waals surface area contributed by atoms with Crippen molar-refractivity contribution in [2.75, 3.05) is 47.5 Å². The zero-order valence-electron chi connectivity index (χ0n) is 59.2. The van der Waals surface area contributed by atoms with Crippen LogP contribution in [0.1, 0.15) is 386 Å². The molecule has 2 atom stereocenters. The minimum atomic E-state index is -4.39. The second kappa shape index (κ2) is 69.3. The van der Waals surface area contributed by atoms with Crippen LogP contribution in [0.25, 0.3) is 0 Å². The summed E-state index contributed by atoms with van der Waals surface area (Å²) in [6, 6.07) is 0. The molecule has 0 aromatic carbocycles. The van der Waals surface area contributed by atoms with Crippen molar-refractivity contribution in [3.05, 3.63) is 48.6 Å². The van der Waals surface area contributed by atoms with E-state index in [4.69, 9.17) is 18.5 Å². The number of phosphoric ester groups is 1. The Morgan fingerprint density at radius 3 is 0.898 bits per heavy atom. The maximum atomic E-state index is 12.9. The minimum Gasteiger partial charge on any atom is -0.462 e. The van der Waals surface area contributed by atoms with Crippen LogP contribution < -0.4 is 0 Å². The third-order valence-electron chi connectivity index (χ3n) is 17.3. The Hall–Kier alpha value is -2.03. The van der Waals surface area contributed by atoms with E-state index in [1.54, 1.807) is 0 Å². The third-order valence-corrected chi connectivity index (χ3v) is 18.3. The molecule has 9 nitrogen and oxygen atoms in total. The maximum absolute atomic E-state index is 12.9. The number of esters is 2. The minimum absolute atomic E-state index is 0.0338. The molecule has 0 aromatic rings. The smallest absolute Gasteiger partial charge is 0.462 e. The number of nitrogens with zero attached hydrogens (tertiary/aromatic N) is 1. The molecule has 0 saturated carbocycles. The number of rotatable bonds is 72. The van der Waals surface area contributed by atoms with E-state index in [-0.39, 0.29) is 25.6 Å². The molecule has 0 spiro atoms. The molecule has 0 rings (SSSR count). The van der Waals surface area contributed by atoms with Gasteiger partial charge in [0, 0.05) is 12.8 Å². The lowest BCUT2D eigenvalue weighted by Crippen LogP contribution is -2.37. The van der Waals surface area contributed by atoms with E-state index >= 15 is 0 Å². The van der Waals surface area contributed by atoms with Gasteiger partial charge in [-0.25, -0.2) is 4.57 Å². The Balaban J connectivity index is 3.91. The first-order chi connectivity index (χ1) is 43.0. The number of ether oxygens (including phenoxy) is 2. The summed E-state index contributed by atoms with van der Waals surface area (Å²) in [4.78, 5) is 35.9. The van der Waals surface area contributed by atoms with E-state index in [1.165, 1.54) is 308 Å². The van der Waals surface area contributed by atoms with Gasteiger partial charge in [0.15, 0.2) is 6.10 Å². The molecule has 0 saturated heterocycles. The number of hydrogen-bond donors (Lipinski definition) is 1. The number of hydrogen-bond acceptors (Lipinski definition) is 7. The molecule has 10 heteroatoms. The fourth-order valence-electron chi connectivity index (χ4n) is 11.4. The van der Waals surface area contributed by atoms with Crippen molar-refractivity contribution < 1.29 is 42.1 Å². The number of allylic oxidation sites excluding steroid dienone is 8. The summed E-state index contributed by atoms with van der Waals surface area (Å²) in [6.45, 7) is 4.48. The highest BCUT2D eigenvalue weighted by Crippen LogP contribution is 2.43. The molecule has 2 unspecified atom stereocenters. The van der Waals surface area contributed by atoms with Crippen LogP contribution in [0.5, 0.6) is 0 Å². The van der Waals surface area contributed by atoms with Gasteiger partial charge < -0.3 is 18.9 Å². The summed E-state index contributed by atoms with van der Waals surface area (Å²) >= 11 is 0. The number of likely N-dealkylation sites (N-methyl/N-ethyl adjacent to an activating group) is 1. The zero-order valence-corrected chi connectivity index (χ0v) is 60.1. The maximum Gasteiger partial charge on any atom is 0.472 e. The van der Waals surface area contributed by atoms with Gasteiger partial charge in [-0.3, -0.25) is 18.6 Å². The number of carbonyl (C=O) groups excluding carboxylic acids is 2. The van der Waals surface area contributed by atoms with Crippen molar-refractivity contribution in [3.63, 3.8) is 0 Å². The zero-order chi connectivity index (χ0) is 64.1. The molecule has 0 amide bonds. The van der Waals surface area contributed by atoms with Crippen LogP contribution in [0, 0.1) is 0 Å². The van der Waals surface area contributed by atoms with Gasteiger partial charge in [0.1, 0.15) is 19.8 Å². The quantitative estimate of drug-likeness (QED) is 0.0211. The number of unbranched alkanes of at least 4 members (excludes halogenated alkanes) is 50. The Kier molecular flexibility index (Phi) is 67.7. The van der Waals surface area contributed by atoms with E-state index in [0.717, 1.165) is 44.9 Å². The predicted molar refractivity (Wildman–Crippen MR) is 381 cm³/mol. The largest absolute Gasteiger partial charge is 0.472 e. The summed E-state index contributed by atoms with van der Waals surface area (Å²) in [5.41, 5.74) is 0. The van der Waals surface area contributed by atoms with Gasteiger partial charge in [0.25, 0.3) is 0 Å². The van der Waals surface area contributed by atoms with Gasteiger partial charge >= 0.3 is 19.8 Å². The topological polar surface area (TPSA) is 108 Å². The van der Waals surface area contributed by atoms with Crippen LogP contribution in [0.3, 0.4) is 0 Å². The Bertz CT molecular complexity index is 1620. The Morgan fingerprint density at radius 1 is 0.352 bits per heavy atom. The van der Waals surface area contributed by atoms with Gasteiger partial charge in [-0.05, 0) is 77.0 Å². The van der Waals surface area contributed by atoms with E-state index in [9.17, 15) is 19.0 Å². The van der Waals surface area contributed by atoms with Crippen LogP contribution >= 0.6 is 7.82 Å². The van der Waals surface area contributed by atoms with Gasteiger partial charge in [0.05, 0.1) is 27.7 Å². The Morgan fingerprint density at radius 2 is 0.614 bits per heavy atom. The van der Waals surface area contributed by atoms with Crippen LogP contribution in [0.2, 0.25) is 0 Å². The first-order valence-electron chi connectivity index (χ1n) is 38.4. The molecule has 0 aliphatic carbocycles. The predicted octanol–water partition coefficient (Wildman–Crippen LogP) is 25.2. The molecule has 0 heterocycles. The Labute approximate surface area is 547 Å².